The van der Waals surface area contributed by atoms with E-state index >= 15 is 0 Å². The molecule has 0 unspecified atom stereocenters. The van der Waals surface area contributed by atoms with Crippen LogP contribution in [-0.2, 0) is 0 Å². The van der Waals surface area contributed by atoms with Crippen LogP contribution in [0.5, 0.6) is 0 Å². The molecule has 0 spiro atoms. The second-order valence-electron chi connectivity index (χ2n) is 7.74. The van der Waals surface area contributed by atoms with E-state index in [-0.39, 0.29) is 0 Å². The smallest absolute Gasteiger partial charge is 0.248 e. The SMILES string of the molecule is c1ccc(-c2nnc(-c3ccc(-c4nnc(-c5ccccc5)n4-c4ccccc4)cc3)o2)cc1. The van der Waals surface area contributed by atoms with Crippen LogP contribution >= 0.6 is 0 Å². The van der Waals surface area contributed by atoms with Crippen molar-refractivity contribution in [3.8, 4) is 51.4 Å². The van der Waals surface area contributed by atoms with E-state index in [1.54, 1.807) is 0 Å². The van der Waals surface area contributed by atoms with Gasteiger partial charge >= 0.3 is 0 Å². The van der Waals surface area contributed by atoms with Crippen molar-refractivity contribution in [2.24, 2.45) is 0 Å². The van der Waals surface area contributed by atoms with Crippen molar-refractivity contribution < 1.29 is 4.42 Å². The summed E-state index contributed by atoms with van der Waals surface area (Å²) in [5.41, 5.74) is 4.66. The van der Waals surface area contributed by atoms with Gasteiger partial charge in [-0.3, -0.25) is 4.57 Å². The van der Waals surface area contributed by atoms with E-state index in [0.29, 0.717) is 11.8 Å². The summed E-state index contributed by atoms with van der Waals surface area (Å²) in [5.74, 6) is 2.51. The lowest BCUT2D eigenvalue weighted by atomic mass is 10.1. The Bertz CT molecular complexity index is 1520. The molecule has 0 atom stereocenters. The van der Waals surface area contributed by atoms with E-state index in [9.17, 15) is 0 Å². The van der Waals surface area contributed by atoms with E-state index < -0.39 is 0 Å². The zero-order chi connectivity index (χ0) is 22.7. The van der Waals surface area contributed by atoms with Crippen LogP contribution < -0.4 is 0 Å². The standard InChI is InChI=1S/C28H19N5O/c1-4-10-20(11-5-1)25-29-30-26(33(25)24-14-8-3-9-15-24)21-16-18-23(19-17-21)28-32-31-27(34-28)22-12-6-2-7-13-22/h1-19H. The molecule has 2 aromatic heterocycles. The normalized spacial score (nSPS) is 10.9. The summed E-state index contributed by atoms with van der Waals surface area (Å²) >= 11 is 0. The zero-order valence-corrected chi connectivity index (χ0v) is 18.1. The molecule has 0 saturated carbocycles. The Hall–Kier alpha value is -4.84. The molecule has 34 heavy (non-hydrogen) atoms. The highest BCUT2D eigenvalue weighted by Crippen LogP contribution is 2.30. The average Bonchev–Trinajstić information content (AvgIpc) is 3.59. The van der Waals surface area contributed by atoms with E-state index in [1.165, 1.54) is 0 Å². The predicted octanol–water partition coefficient (Wildman–Crippen LogP) is 6.32. The van der Waals surface area contributed by atoms with Gasteiger partial charge in [-0.1, -0.05) is 78.9 Å². The Kier molecular flexibility index (Phi) is 5.01. The Balaban J connectivity index is 1.38. The van der Waals surface area contributed by atoms with Crippen LogP contribution in [0.4, 0.5) is 0 Å². The maximum absolute atomic E-state index is 5.90. The van der Waals surface area contributed by atoms with Crippen LogP contribution in [0.3, 0.4) is 0 Å². The second-order valence-corrected chi connectivity index (χ2v) is 7.74. The molecular formula is C28H19N5O. The number of nitrogens with zero attached hydrogens (tertiary/aromatic N) is 5. The summed E-state index contributed by atoms with van der Waals surface area (Å²) < 4.78 is 7.97. The van der Waals surface area contributed by atoms with Crippen molar-refractivity contribution in [1.29, 1.82) is 0 Å². The van der Waals surface area contributed by atoms with Gasteiger partial charge in [0.2, 0.25) is 11.8 Å². The molecule has 0 saturated heterocycles. The summed E-state index contributed by atoms with van der Waals surface area (Å²) in [6, 6.07) is 37.9. The molecule has 2 heterocycles. The largest absolute Gasteiger partial charge is 0.416 e. The van der Waals surface area contributed by atoms with Gasteiger partial charge in [0.25, 0.3) is 0 Å². The first kappa shape index (κ1) is 19.8. The second kappa shape index (κ2) is 8.60. The van der Waals surface area contributed by atoms with Gasteiger partial charge in [0.1, 0.15) is 0 Å². The van der Waals surface area contributed by atoms with Crippen LogP contribution in [0.2, 0.25) is 0 Å². The monoisotopic (exact) mass is 441 g/mol. The molecule has 6 heteroatoms. The average molecular weight is 441 g/mol. The van der Waals surface area contributed by atoms with Gasteiger partial charge in [0.15, 0.2) is 11.6 Å². The number of para-hydroxylation sites is 1. The third kappa shape index (κ3) is 3.67. The van der Waals surface area contributed by atoms with Crippen LogP contribution in [0.1, 0.15) is 0 Å². The van der Waals surface area contributed by atoms with Gasteiger partial charge in [-0.25, -0.2) is 0 Å². The van der Waals surface area contributed by atoms with Crippen molar-refractivity contribution in [2.75, 3.05) is 0 Å². The molecule has 6 aromatic rings. The van der Waals surface area contributed by atoms with Crippen molar-refractivity contribution in [3.63, 3.8) is 0 Å². The van der Waals surface area contributed by atoms with Gasteiger partial charge in [-0.05, 0) is 36.4 Å². The van der Waals surface area contributed by atoms with E-state index in [0.717, 1.165) is 39.6 Å². The zero-order valence-electron chi connectivity index (χ0n) is 18.1. The lowest BCUT2D eigenvalue weighted by Gasteiger charge is -2.11. The molecule has 0 N–H and O–H groups in total. The summed E-state index contributed by atoms with van der Waals surface area (Å²) in [7, 11) is 0. The minimum absolute atomic E-state index is 0.472. The van der Waals surface area contributed by atoms with Crippen LogP contribution in [-0.4, -0.2) is 25.0 Å². The lowest BCUT2D eigenvalue weighted by Crippen LogP contribution is -2.00. The van der Waals surface area contributed by atoms with Crippen molar-refractivity contribution in [3.05, 3.63) is 115 Å². The fourth-order valence-electron chi connectivity index (χ4n) is 3.87. The Morgan fingerprint density at radius 2 is 0.824 bits per heavy atom. The highest BCUT2D eigenvalue weighted by molar-refractivity contribution is 5.69. The van der Waals surface area contributed by atoms with E-state index in [1.807, 2.05) is 103 Å². The predicted molar refractivity (Wildman–Crippen MR) is 131 cm³/mol. The number of benzene rings is 4. The fraction of sp³-hybridized carbons (Fsp3) is 0. The molecule has 0 amide bonds. The Morgan fingerprint density at radius 3 is 1.38 bits per heavy atom. The third-order valence-corrected chi connectivity index (χ3v) is 5.55. The highest BCUT2D eigenvalue weighted by Gasteiger charge is 2.17. The van der Waals surface area contributed by atoms with Gasteiger partial charge in [0, 0.05) is 27.9 Å². The Labute approximate surface area is 196 Å². The number of aromatic nitrogens is 5. The summed E-state index contributed by atoms with van der Waals surface area (Å²) in [6.45, 7) is 0. The van der Waals surface area contributed by atoms with Crippen molar-refractivity contribution >= 4 is 0 Å². The fourth-order valence-corrected chi connectivity index (χ4v) is 3.87. The van der Waals surface area contributed by atoms with Crippen molar-refractivity contribution in [2.45, 2.75) is 0 Å². The highest BCUT2D eigenvalue weighted by atomic mass is 16.4. The summed E-state index contributed by atoms with van der Waals surface area (Å²) in [4.78, 5) is 0. The molecule has 162 valence electrons. The molecule has 4 aromatic carbocycles. The lowest BCUT2D eigenvalue weighted by molar-refractivity contribution is 0.584. The van der Waals surface area contributed by atoms with Gasteiger partial charge in [-0.2, -0.15) is 0 Å². The topological polar surface area (TPSA) is 69.6 Å². The summed E-state index contributed by atoms with van der Waals surface area (Å²) in [5, 5.41) is 17.5. The molecule has 0 bridgehead atoms. The summed E-state index contributed by atoms with van der Waals surface area (Å²) in [6.07, 6.45) is 0. The molecule has 0 aliphatic carbocycles. The molecule has 0 aliphatic rings. The maximum atomic E-state index is 5.90. The molecule has 0 radical (unpaired) electrons. The first-order valence-corrected chi connectivity index (χ1v) is 10.9. The molecule has 6 rings (SSSR count). The minimum atomic E-state index is 0.472. The molecule has 6 nitrogen and oxygen atoms in total. The molecule has 0 aliphatic heterocycles. The number of hydrogen-bond donors (Lipinski definition) is 0. The van der Waals surface area contributed by atoms with E-state index in [4.69, 9.17) is 4.42 Å². The van der Waals surface area contributed by atoms with Crippen LogP contribution in [0, 0.1) is 0 Å². The first-order valence-electron chi connectivity index (χ1n) is 10.9. The van der Waals surface area contributed by atoms with Gasteiger partial charge in [0.05, 0.1) is 0 Å². The molecule has 0 fully saturated rings. The maximum Gasteiger partial charge on any atom is 0.248 e. The van der Waals surface area contributed by atoms with Crippen LogP contribution in [0.25, 0.3) is 51.4 Å². The third-order valence-electron chi connectivity index (χ3n) is 5.55. The van der Waals surface area contributed by atoms with Gasteiger partial charge < -0.3 is 4.42 Å². The van der Waals surface area contributed by atoms with Crippen LogP contribution in [0.15, 0.2) is 120 Å². The first-order chi connectivity index (χ1) is 16.9. The number of hydrogen-bond acceptors (Lipinski definition) is 5. The Morgan fingerprint density at radius 1 is 0.412 bits per heavy atom. The quantitative estimate of drug-likeness (QED) is 0.313. The van der Waals surface area contributed by atoms with Crippen molar-refractivity contribution in [1.82, 2.24) is 25.0 Å². The molecular weight excluding hydrogens is 422 g/mol. The minimum Gasteiger partial charge on any atom is -0.416 e. The number of rotatable bonds is 5. The van der Waals surface area contributed by atoms with Gasteiger partial charge in [-0.15, -0.1) is 20.4 Å². The van der Waals surface area contributed by atoms with E-state index in [2.05, 4.69) is 37.1 Å².